The Morgan fingerprint density at radius 2 is 2.19 bits per heavy atom. The lowest BCUT2D eigenvalue weighted by atomic mass is 9.70. The van der Waals surface area contributed by atoms with Crippen molar-refractivity contribution in [3.05, 3.63) is 34.3 Å². The third-order valence-corrected chi connectivity index (χ3v) is 4.16. The smallest absolute Gasteiger partial charge is 0.0440 e. The predicted octanol–water partition coefficient (Wildman–Crippen LogP) is 3.60. The Labute approximate surface area is 103 Å². The fourth-order valence-electron chi connectivity index (χ4n) is 3.08. The Hall–Kier alpha value is -0.530. The summed E-state index contributed by atoms with van der Waals surface area (Å²) in [6, 6.07) is 6.30. The van der Waals surface area contributed by atoms with Gasteiger partial charge in [-0.1, -0.05) is 37.6 Å². The van der Waals surface area contributed by atoms with Crippen LogP contribution in [-0.2, 0) is 6.42 Å². The van der Waals surface area contributed by atoms with Crippen LogP contribution >= 0.6 is 11.6 Å². The molecule has 2 N–H and O–H groups in total. The van der Waals surface area contributed by atoms with Gasteiger partial charge in [0.1, 0.15) is 0 Å². The van der Waals surface area contributed by atoms with Crippen molar-refractivity contribution < 1.29 is 0 Å². The summed E-state index contributed by atoms with van der Waals surface area (Å²) < 4.78 is 0. The average Bonchev–Trinajstić information content (AvgIpc) is 2.27. The normalized spacial score (nSPS) is 24.6. The summed E-state index contributed by atoms with van der Waals surface area (Å²) in [6.45, 7) is 5.35. The van der Waals surface area contributed by atoms with E-state index in [1.54, 1.807) is 0 Å². The molecule has 0 heterocycles. The highest BCUT2D eigenvalue weighted by atomic mass is 35.5. The minimum Gasteiger partial charge on any atom is -0.330 e. The lowest BCUT2D eigenvalue weighted by Gasteiger charge is -2.36. The van der Waals surface area contributed by atoms with Crippen LogP contribution in [0, 0.1) is 11.8 Å². The van der Waals surface area contributed by atoms with E-state index in [9.17, 15) is 0 Å². The van der Waals surface area contributed by atoms with Crippen LogP contribution in [0.1, 0.15) is 37.3 Å². The molecule has 0 fully saturated rings. The van der Waals surface area contributed by atoms with E-state index in [1.165, 1.54) is 17.5 Å². The molecule has 2 atom stereocenters. The van der Waals surface area contributed by atoms with Crippen molar-refractivity contribution in [2.75, 3.05) is 6.54 Å². The number of rotatable bonds is 2. The molecule has 0 aromatic heterocycles. The molecule has 0 spiro atoms. The topological polar surface area (TPSA) is 26.0 Å². The van der Waals surface area contributed by atoms with Crippen LogP contribution in [-0.4, -0.2) is 6.54 Å². The third kappa shape index (κ3) is 1.99. The van der Waals surface area contributed by atoms with E-state index in [2.05, 4.69) is 26.0 Å². The number of hydrogen-bond acceptors (Lipinski definition) is 1. The quantitative estimate of drug-likeness (QED) is 0.836. The number of nitrogens with two attached hydrogens (primary N) is 1. The van der Waals surface area contributed by atoms with Crippen molar-refractivity contribution in [3.8, 4) is 0 Å². The highest BCUT2D eigenvalue weighted by molar-refractivity contribution is 6.31. The number of benzene rings is 1. The van der Waals surface area contributed by atoms with Gasteiger partial charge in [0.05, 0.1) is 0 Å². The molecule has 0 aliphatic heterocycles. The highest BCUT2D eigenvalue weighted by Crippen LogP contribution is 2.42. The summed E-state index contributed by atoms with van der Waals surface area (Å²) in [5.41, 5.74) is 8.68. The Kier molecular flexibility index (Phi) is 3.56. The Bertz CT molecular complexity index is 373. The van der Waals surface area contributed by atoms with Crippen LogP contribution < -0.4 is 5.73 Å². The molecular weight excluding hydrogens is 218 g/mol. The van der Waals surface area contributed by atoms with E-state index in [-0.39, 0.29) is 0 Å². The molecule has 1 aromatic rings. The van der Waals surface area contributed by atoms with E-state index < -0.39 is 0 Å². The highest BCUT2D eigenvalue weighted by Gasteiger charge is 2.31. The van der Waals surface area contributed by atoms with Gasteiger partial charge in [-0.15, -0.1) is 0 Å². The van der Waals surface area contributed by atoms with Crippen molar-refractivity contribution >= 4 is 11.6 Å². The molecule has 0 saturated carbocycles. The maximum absolute atomic E-state index is 6.27. The molecule has 16 heavy (non-hydrogen) atoms. The molecule has 1 aliphatic rings. The monoisotopic (exact) mass is 237 g/mol. The molecule has 88 valence electrons. The SMILES string of the molecule is CC(C)C1c2cccc(Cl)c2CCC1CN. The van der Waals surface area contributed by atoms with Gasteiger partial charge in [0.25, 0.3) is 0 Å². The first-order valence-corrected chi connectivity index (χ1v) is 6.50. The van der Waals surface area contributed by atoms with Crippen LogP contribution in [0.15, 0.2) is 18.2 Å². The summed E-state index contributed by atoms with van der Waals surface area (Å²) >= 11 is 6.27. The van der Waals surface area contributed by atoms with Crippen LogP contribution in [0.5, 0.6) is 0 Å². The molecule has 2 rings (SSSR count). The zero-order valence-electron chi connectivity index (χ0n) is 10.0. The van der Waals surface area contributed by atoms with E-state index >= 15 is 0 Å². The second kappa shape index (κ2) is 4.77. The van der Waals surface area contributed by atoms with Crippen molar-refractivity contribution in [1.29, 1.82) is 0 Å². The Balaban J connectivity index is 2.45. The zero-order chi connectivity index (χ0) is 11.7. The molecule has 1 aromatic carbocycles. The van der Waals surface area contributed by atoms with Gasteiger partial charge in [0, 0.05) is 5.02 Å². The number of halogens is 1. The van der Waals surface area contributed by atoms with Crippen molar-refractivity contribution in [1.82, 2.24) is 0 Å². The van der Waals surface area contributed by atoms with Gasteiger partial charge < -0.3 is 5.73 Å². The van der Waals surface area contributed by atoms with Gasteiger partial charge in [0.2, 0.25) is 0 Å². The van der Waals surface area contributed by atoms with Crippen LogP contribution in [0.3, 0.4) is 0 Å². The standard InChI is InChI=1S/C14H20ClN/c1-9(2)14-10(8-16)6-7-11-12(14)4-3-5-13(11)15/h3-5,9-10,14H,6-8,16H2,1-2H3. The average molecular weight is 238 g/mol. The lowest BCUT2D eigenvalue weighted by Crippen LogP contribution is -2.30. The maximum atomic E-state index is 6.27. The molecule has 1 nitrogen and oxygen atoms in total. The van der Waals surface area contributed by atoms with Crippen LogP contribution in [0.25, 0.3) is 0 Å². The number of fused-ring (bicyclic) bond motifs is 1. The first kappa shape index (κ1) is 11.9. The van der Waals surface area contributed by atoms with Gasteiger partial charge in [-0.05, 0) is 54.3 Å². The summed E-state index contributed by atoms with van der Waals surface area (Å²) in [6.07, 6.45) is 2.26. The second-order valence-electron chi connectivity index (χ2n) is 5.11. The van der Waals surface area contributed by atoms with Gasteiger partial charge in [-0.3, -0.25) is 0 Å². The van der Waals surface area contributed by atoms with E-state index in [4.69, 9.17) is 17.3 Å². The molecule has 2 heteroatoms. The summed E-state index contributed by atoms with van der Waals surface area (Å²) in [5.74, 6) is 1.82. The van der Waals surface area contributed by atoms with E-state index in [1.807, 2.05) is 6.07 Å². The largest absolute Gasteiger partial charge is 0.330 e. The maximum Gasteiger partial charge on any atom is 0.0440 e. The van der Waals surface area contributed by atoms with E-state index in [0.29, 0.717) is 17.8 Å². The van der Waals surface area contributed by atoms with Gasteiger partial charge in [-0.25, -0.2) is 0 Å². The lowest BCUT2D eigenvalue weighted by molar-refractivity contribution is 0.311. The molecular formula is C14H20ClN. The number of hydrogen-bond donors (Lipinski definition) is 1. The zero-order valence-corrected chi connectivity index (χ0v) is 10.8. The molecule has 0 bridgehead atoms. The molecule has 0 radical (unpaired) electrons. The van der Waals surface area contributed by atoms with Crippen LogP contribution in [0.2, 0.25) is 5.02 Å². The molecule has 0 amide bonds. The van der Waals surface area contributed by atoms with Crippen molar-refractivity contribution in [2.45, 2.75) is 32.6 Å². The van der Waals surface area contributed by atoms with Crippen molar-refractivity contribution in [2.24, 2.45) is 17.6 Å². The van der Waals surface area contributed by atoms with Gasteiger partial charge >= 0.3 is 0 Å². The molecule has 1 aliphatic carbocycles. The summed E-state index contributed by atoms with van der Waals surface area (Å²) in [4.78, 5) is 0. The van der Waals surface area contributed by atoms with Crippen LogP contribution in [0.4, 0.5) is 0 Å². The third-order valence-electron chi connectivity index (χ3n) is 3.81. The van der Waals surface area contributed by atoms with Crippen molar-refractivity contribution in [3.63, 3.8) is 0 Å². The minimum absolute atomic E-state index is 0.576. The first-order valence-electron chi connectivity index (χ1n) is 6.12. The first-order chi connectivity index (χ1) is 7.65. The summed E-state index contributed by atoms with van der Waals surface area (Å²) in [7, 11) is 0. The Morgan fingerprint density at radius 3 is 2.81 bits per heavy atom. The molecule has 0 saturated heterocycles. The summed E-state index contributed by atoms with van der Waals surface area (Å²) in [5, 5.41) is 0.929. The van der Waals surface area contributed by atoms with Gasteiger partial charge in [-0.2, -0.15) is 0 Å². The van der Waals surface area contributed by atoms with E-state index in [0.717, 1.165) is 18.0 Å². The van der Waals surface area contributed by atoms with Gasteiger partial charge in [0.15, 0.2) is 0 Å². The molecule has 2 unspecified atom stereocenters. The second-order valence-corrected chi connectivity index (χ2v) is 5.52. The fraction of sp³-hybridized carbons (Fsp3) is 0.571. The predicted molar refractivity (Wildman–Crippen MR) is 69.9 cm³/mol. The minimum atomic E-state index is 0.576. The fourth-order valence-corrected chi connectivity index (χ4v) is 3.36. The Morgan fingerprint density at radius 1 is 1.44 bits per heavy atom.